The van der Waals surface area contributed by atoms with Crippen LogP contribution in [0.1, 0.15) is 449 Å². The molecule has 4 aromatic rings. The van der Waals surface area contributed by atoms with E-state index in [4.69, 9.17) is 28.4 Å². The van der Waals surface area contributed by atoms with Crippen LogP contribution in [0, 0.1) is 23.7 Å². The number of benzene rings is 4. The van der Waals surface area contributed by atoms with Gasteiger partial charge in [0.25, 0.3) is 0 Å². The van der Waals surface area contributed by atoms with E-state index in [0.29, 0.717) is 85.3 Å². The summed E-state index contributed by atoms with van der Waals surface area (Å²) in [5.41, 5.74) is 2.95. The first-order chi connectivity index (χ1) is 53.8. The molecule has 4 aromatic carbocycles. The van der Waals surface area contributed by atoms with Crippen molar-refractivity contribution in [3.05, 3.63) is 95.1 Å². The van der Waals surface area contributed by atoms with E-state index in [2.05, 4.69) is 65.2 Å². The van der Waals surface area contributed by atoms with E-state index in [1.54, 1.807) is 48.5 Å². The maximum atomic E-state index is 14.3. The largest absolute Gasteiger partial charge is 0.490 e. The topological polar surface area (TPSA) is 89.5 Å². The number of rotatable bonds is 74. The Morgan fingerprint density at radius 2 is 0.358 bits per heavy atom. The molecule has 0 aliphatic carbocycles. The Kier molecular flexibility index (Phi) is 60.3. The Balaban J connectivity index is 1.56. The minimum Gasteiger partial charge on any atom is -0.490 e. The highest BCUT2D eigenvalue weighted by Gasteiger charge is 2.20. The van der Waals surface area contributed by atoms with Gasteiger partial charge in [-0.3, -0.25) is 0 Å². The van der Waals surface area contributed by atoms with Crippen LogP contribution in [-0.2, 0) is 9.84 Å². The van der Waals surface area contributed by atoms with Gasteiger partial charge in [-0.2, -0.15) is 0 Å². The molecule has 0 radical (unpaired) electrons. The molecule has 0 bridgehead atoms. The lowest BCUT2D eigenvalue weighted by molar-refractivity contribution is 0.234. The predicted octanol–water partition coefficient (Wildman–Crippen LogP) is 31.1. The summed E-state index contributed by atoms with van der Waals surface area (Å²) in [6, 6.07) is 21.9. The van der Waals surface area contributed by atoms with Crippen molar-refractivity contribution in [1.29, 1.82) is 0 Å². The third kappa shape index (κ3) is 48.4. The molecule has 109 heavy (non-hydrogen) atoms. The highest BCUT2D eigenvalue weighted by Crippen LogP contribution is 2.41. The first-order valence-corrected chi connectivity index (χ1v) is 47.9. The molecule has 0 unspecified atom stereocenters. The fraction of sp³-hybridized carbons (Fsp3) is 0.720. The van der Waals surface area contributed by atoms with Crippen molar-refractivity contribution < 1.29 is 36.8 Å². The highest BCUT2D eigenvalue weighted by molar-refractivity contribution is 7.91. The molecule has 0 spiro atoms. The lowest BCUT2D eigenvalue weighted by atomic mass is 10.1. The van der Waals surface area contributed by atoms with Gasteiger partial charge in [0.15, 0.2) is 23.0 Å². The van der Waals surface area contributed by atoms with Crippen molar-refractivity contribution >= 4 is 9.84 Å². The van der Waals surface area contributed by atoms with Gasteiger partial charge in [-0.15, -0.1) is 0 Å². The Bertz CT molecular complexity index is 2730. The second-order valence-corrected chi connectivity index (χ2v) is 33.8. The Morgan fingerprint density at radius 1 is 0.202 bits per heavy atom. The molecule has 0 heterocycles. The van der Waals surface area contributed by atoms with E-state index in [-0.39, 0.29) is 9.79 Å². The second kappa shape index (κ2) is 68.4. The summed E-state index contributed by atoms with van der Waals surface area (Å²) < 4.78 is 68.8. The number of hydrogen-bond donors (Lipinski definition) is 0. The van der Waals surface area contributed by atoms with Crippen LogP contribution in [0.2, 0.25) is 0 Å². The van der Waals surface area contributed by atoms with Gasteiger partial charge in [-0.25, -0.2) is 8.42 Å². The fourth-order valence-electron chi connectivity index (χ4n) is 14.5. The van der Waals surface area contributed by atoms with Gasteiger partial charge in [-0.05, 0) is 111 Å². The van der Waals surface area contributed by atoms with Gasteiger partial charge in [0.2, 0.25) is 21.3 Å². The van der Waals surface area contributed by atoms with Crippen molar-refractivity contribution in [3.63, 3.8) is 0 Å². The lowest BCUT2D eigenvalue weighted by Crippen LogP contribution is -2.07. The minimum absolute atomic E-state index is 0.206. The monoisotopic (exact) mass is 1520 g/mol. The van der Waals surface area contributed by atoms with E-state index in [1.165, 1.54) is 308 Å². The smallest absolute Gasteiger partial charge is 0.206 e. The molecule has 8 nitrogen and oxygen atoms in total. The average molecular weight is 1520 g/mol. The molecule has 0 fully saturated rings. The van der Waals surface area contributed by atoms with E-state index >= 15 is 0 Å². The van der Waals surface area contributed by atoms with Crippen molar-refractivity contribution in [2.75, 3.05) is 39.6 Å². The molecule has 0 aromatic heterocycles. The van der Waals surface area contributed by atoms with Gasteiger partial charge >= 0.3 is 0 Å². The lowest BCUT2D eigenvalue weighted by Gasteiger charge is -2.18. The summed E-state index contributed by atoms with van der Waals surface area (Å²) >= 11 is 0. The van der Waals surface area contributed by atoms with E-state index in [1.807, 2.05) is 24.3 Å². The summed E-state index contributed by atoms with van der Waals surface area (Å²) in [7, 11) is -3.86. The van der Waals surface area contributed by atoms with Crippen LogP contribution < -0.4 is 28.4 Å². The molecule has 4 rings (SSSR count). The molecule has 0 saturated heterocycles. The molecule has 616 valence electrons. The van der Waals surface area contributed by atoms with Crippen LogP contribution >= 0.6 is 0 Å². The highest BCUT2D eigenvalue weighted by atomic mass is 32.2. The van der Waals surface area contributed by atoms with Gasteiger partial charge < -0.3 is 28.4 Å². The molecule has 0 amide bonds. The van der Waals surface area contributed by atoms with E-state index in [9.17, 15) is 8.42 Å². The van der Waals surface area contributed by atoms with Crippen LogP contribution in [0.4, 0.5) is 0 Å². The Labute approximate surface area is 672 Å². The van der Waals surface area contributed by atoms with Crippen LogP contribution in [0.3, 0.4) is 0 Å². The molecule has 0 N–H and O–H groups in total. The first-order valence-electron chi connectivity index (χ1n) is 46.4. The number of unbranched alkanes of at least 4 members (excludes halogenated alkanes) is 54. The summed E-state index contributed by atoms with van der Waals surface area (Å²) in [5.74, 6) is 17.6. The zero-order valence-corrected chi connectivity index (χ0v) is 72.1. The standard InChI is InChI=1S/C100H162O8S/c1-7-13-19-25-31-37-43-49-55-61-79-103-95-85-91(86-96(104-80-62-56-50-44-38-32-26-20-14-8-2)99(95)107-83-65-59-53-47-41-35-29-23-17-11-5)69-67-89-71-75-93(76-72-89)109(101,102)94-77-73-90(74-78-94)68-70-92-87-97(105-81-63-57-51-45-39-33-27-21-15-9-3)100(108-84-66-60-54-48-42-36-30-24-18-12-6)98(88-92)106-82-64-58-52-46-40-34-28-22-16-10-4/h71-78,85-88H,7-66,79-84H2,1-6H3. The normalized spacial score (nSPS) is 11.4. The zero-order valence-electron chi connectivity index (χ0n) is 71.3. The average Bonchev–Trinajstić information content (AvgIpc) is 0.821. The zero-order chi connectivity index (χ0) is 77.7. The van der Waals surface area contributed by atoms with Crippen LogP contribution in [0.15, 0.2) is 82.6 Å². The maximum Gasteiger partial charge on any atom is 0.206 e. The number of sulfone groups is 1. The molecule has 0 atom stereocenters. The summed E-state index contributed by atoms with van der Waals surface area (Å²) in [6.07, 6.45) is 75.7. The quantitative estimate of drug-likeness (QED) is 0.0319. The maximum absolute atomic E-state index is 14.3. The summed E-state index contributed by atoms with van der Waals surface area (Å²) in [5, 5.41) is 0. The van der Waals surface area contributed by atoms with E-state index in [0.717, 1.165) is 88.2 Å². The molecule has 9 heteroatoms. The van der Waals surface area contributed by atoms with Crippen molar-refractivity contribution in [2.24, 2.45) is 0 Å². The predicted molar refractivity (Wildman–Crippen MR) is 467 cm³/mol. The Hall–Kier alpha value is -5.25. The van der Waals surface area contributed by atoms with Gasteiger partial charge in [0, 0.05) is 22.3 Å². The summed E-state index contributed by atoms with van der Waals surface area (Å²) in [6.45, 7) is 17.3. The van der Waals surface area contributed by atoms with Crippen LogP contribution in [0.5, 0.6) is 34.5 Å². The molecule has 0 saturated carbocycles. The molecule has 0 aliphatic rings. The van der Waals surface area contributed by atoms with Gasteiger partial charge in [0.05, 0.1) is 49.4 Å². The van der Waals surface area contributed by atoms with Gasteiger partial charge in [0.1, 0.15) is 0 Å². The van der Waals surface area contributed by atoms with Crippen molar-refractivity contribution in [1.82, 2.24) is 0 Å². The van der Waals surface area contributed by atoms with Gasteiger partial charge in [-0.1, -0.05) is 412 Å². The SMILES string of the molecule is CCCCCCCCCCCCOc1cc(C#Cc2ccc(S(=O)(=O)c3ccc(C#Cc4cc(OCCCCCCCCCCCC)c(OCCCCCCCCCCCC)c(OCCCCCCCCCCCC)c4)cc3)cc2)cc(OCCCCCCCCCCCC)c1OCCCCCCCCCCCC. The Morgan fingerprint density at radius 3 is 0.541 bits per heavy atom. The third-order valence-corrected chi connectivity index (χ3v) is 23.4. The van der Waals surface area contributed by atoms with Crippen LogP contribution in [-0.4, -0.2) is 48.1 Å². The number of ether oxygens (including phenoxy) is 6. The molecule has 0 aliphatic heterocycles. The summed E-state index contributed by atoms with van der Waals surface area (Å²) in [4.78, 5) is 0.412. The molecular weight excluding hydrogens is 1360 g/mol. The second-order valence-electron chi connectivity index (χ2n) is 31.8. The number of hydrogen-bond acceptors (Lipinski definition) is 8. The fourth-order valence-corrected chi connectivity index (χ4v) is 15.7. The van der Waals surface area contributed by atoms with Crippen molar-refractivity contribution in [2.45, 2.75) is 437 Å². The van der Waals surface area contributed by atoms with Crippen LogP contribution in [0.25, 0.3) is 0 Å². The molecular formula is C100H162O8S. The van der Waals surface area contributed by atoms with E-state index < -0.39 is 9.84 Å². The van der Waals surface area contributed by atoms with Crippen molar-refractivity contribution in [3.8, 4) is 58.2 Å². The third-order valence-electron chi connectivity index (χ3n) is 21.6. The minimum atomic E-state index is -3.86. The first kappa shape index (κ1) is 96.1.